The molecule has 2 aliphatic heterocycles. The van der Waals surface area contributed by atoms with Crippen LogP contribution < -0.4 is 14.8 Å². The van der Waals surface area contributed by atoms with E-state index in [4.69, 9.17) is 9.47 Å². The smallest absolute Gasteiger partial charge is 0.247 e. The average Bonchev–Trinajstić information content (AvgIpc) is 3.35. The van der Waals surface area contributed by atoms with Gasteiger partial charge in [-0.25, -0.2) is 0 Å². The Hall–Kier alpha value is -2.50. The lowest BCUT2D eigenvalue weighted by molar-refractivity contribution is -0.141. The van der Waals surface area contributed by atoms with Crippen molar-refractivity contribution in [2.45, 2.75) is 44.7 Å². The molecule has 3 aliphatic rings. The third kappa shape index (κ3) is 3.41. The number of hydrogen-bond acceptors (Lipinski definition) is 4. The van der Waals surface area contributed by atoms with E-state index in [0.29, 0.717) is 18.8 Å². The predicted molar refractivity (Wildman–Crippen MR) is 95.6 cm³/mol. The molecule has 0 radical (unpaired) electrons. The zero-order chi connectivity index (χ0) is 17.9. The van der Waals surface area contributed by atoms with E-state index in [9.17, 15) is 9.59 Å². The van der Waals surface area contributed by atoms with Gasteiger partial charge in [-0.1, -0.05) is 37.5 Å². The van der Waals surface area contributed by atoms with Gasteiger partial charge in [0.05, 0.1) is 0 Å². The van der Waals surface area contributed by atoms with Gasteiger partial charge >= 0.3 is 0 Å². The number of hydrogen-bond donors (Lipinski definition) is 1. The zero-order valence-corrected chi connectivity index (χ0v) is 14.8. The first-order valence-corrected chi connectivity index (χ1v) is 9.36. The molecule has 4 rings (SSSR count). The molecule has 1 aromatic carbocycles. The summed E-state index contributed by atoms with van der Waals surface area (Å²) in [6.45, 7) is 1.15. The standard InChI is InChI=1S/C20H24N2O4/c23-19(21-12-14-8-9-17-18(11-14)26-13-25-17)16-7-4-10-22(16)20(24)15-5-2-1-3-6-15/h4,7-9,11,15-16H,1-3,5-6,10,12-13H2,(H,21,23)/t16-/m1/s1. The third-order valence-corrected chi connectivity index (χ3v) is 5.37. The van der Waals surface area contributed by atoms with Crippen LogP contribution in [0.15, 0.2) is 30.4 Å². The van der Waals surface area contributed by atoms with Crippen LogP contribution in [0.2, 0.25) is 0 Å². The first kappa shape index (κ1) is 16.9. The fraction of sp³-hybridized carbons (Fsp3) is 0.500. The van der Waals surface area contributed by atoms with Crippen LogP contribution in [0.4, 0.5) is 0 Å². The van der Waals surface area contributed by atoms with E-state index in [-0.39, 0.29) is 24.5 Å². The van der Waals surface area contributed by atoms with Crippen LogP contribution in [0.3, 0.4) is 0 Å². The summed E-state index contributed by atoms with van der Waals surface area (Å²) >= 11 is 0. The van der Waals surface area contributed by atoms with Crippen LogP contribution in [-0.2, 0) is 16.1 Å². The lowest BCUT2D eigenvalue weighted by Crippen LogP contribution is -2.48. The molecule has 0 spiro atoms. The molecule has 6 heteroatoms. The Bertz CT molecular complexity index is 725. The molecule has 138 valence electrons. The molecule has 2 heterocycles. The van der Waals surface area contributed by atoms with E-state index in [1.54, 1.807) is 4.90 Å². The summed E-state index contributed by atoms with van der Waals surface area (Å²) in [5.41, 5.74) is 0.940. The summed E-state index contributed by atoms with van der Waals surface area (Å²) in [5.74, 6) is 1.49. The fourth-order valence-corrected chi connectivity index (χ4v) is 3.91. The number of amides is 2. The van der Waals surface area contributed by atoms with E-state index >= 15 is 0 Å². The summed E-state index contributed by atoms with van der Waals surface area (Å²) in [4.78, 5) is 27.1. The maximum Gasteiger partial charge on any atom is 0.247 e. The number of carbonyl (C=O) groups excluding carboxylic acids is 2. The van der Waals surface area contributed by atoms with Crippen LogP contribution >= 0.6 is 0 Å². The first-order chi connectivity index (χ1) is 12.7. The molecule has 2 amide bonds. The molecule has 1 atom stereocenters. The second-order valence-corrected chi connectivity index (χ2v) is 7.10. The topological polar surface area (TPSA) is 67.9 Å². The van der Waals surface area contributed by atoms with Gasteiger partial charge in [-0.05, 0) is 30.5 Å². The molecular weight excluding hydrogens is 332 g/mol. The minimum Gasteiger partial charge on any atom is -0.454 e. The molecule has 0 unspecified atom stereocenters. The van der Waals surface area contributed by atoms with Crippen LogP contribution in [0.5, 0.6) is 11.5 Å². The second kappa shape index (κ2) is 7.40. The van der Waals surface area contributed by atoms with Crippen LogP contribution in [0, 0.1) is 5.92 Å². The zero-order valence-electron chi connectivity index (χ0n) is 14.8. The molecule has 1 aromatic rings. The predicted octanol–water partition coefficient (Wildman–Crippen LogP) is 2.38. The van der Waals surface area contributed by atoms with Gasteiger partial charge in [0.25, 0.3) is 0 Å². The van der Waals surface area contributed by atoms with Crippen molar-refractivity contribution >= 4 is 11.8 Å². The summed E-state index contributed by atoms with van der Waals surface area (Å²) in [6.07, 6.45) is 9.06. The normalized spacial score (nSPS) is 21.8. The lowest BCUT2D eigenvalue weighted by atomic mass is 9.88. The first-order valence-electron chi connectivity index (χ1n) is 9.36. The Morgan fingerprint density at radius 2 is 1.92 bits per heavy atom. The molecule has 0 saturated heterocycles. The van der Waals surface area contributed by atoms with Crippen molar-refractivity contribution in [3.05, 3.63) is 35.9 Å². The maximum atomic E-state index is 12.8. The number of benzene rings is 1. The van der Waals surface area contributed by atoms with Gasteiger partial charge in [0.2, 0.25) is 18.6 Å². The Balaban J connectivity index is 1.36. The van der Waals surface area contributed by atoms with Gasteiger partial charge in [-0.2, -0.15) is 0 Å². The van der Waals surface area contributed by atoms with Gasteiger partial charge in [0.15, 0.2) is 11.5 Å². The van der Waals surface area contributed by atoms with Gasteiger partial charge in [0, 0.05) is 19.0 Å². The highest BCUT2D eigenvalue weighted by Gasteiger charge is 2.34. The number of nitrogens with one attached hydrogen (secondary N) is 1. The molecule has 1 fully saturated rings. The van der Waals surface area contributed by atoms with Gasteiger partial charge < -0.3 is 19.7 Å². The highest BCUT2D eigenvalue weighted by atomic mass is 16.7. The van der Waals surface area contributed by atoms with Crippen molar-refractivity contribution < 1.29 is 19.1 Å². The second-order valence-electron chi connectivity index (χ2n) is 7.10. The number of nitrogens with zero attached hydrogens (tertiary/aromatic N) is 1. The average molecular weight is 356 g/mol. The van der Waals surface area contributed by atoms with Crippen LogP contribution in [0.25, 0.3) is 0 Å². The fourth-order valence-electron chi connectivity index (χ4n) is 3.91. The molecule has 1 saturated carbocycles. The van der Waals surface area contributed by atoms with Gasteiger partial charge in [0.1, 0.15) is 6.04 Å². The molecule has 0 aromatic heterocycles. The summed E-state index contributed by atoms with van der Waals surface area (Å²) in [5, 5.41) is 2.94. The summed E-state index contributed by atoms with van der Waals surface area (Å²) < 4.78 is 10.7. The van der Waals surface area contributed by atoms with Gasteiger partial charge in [-0.3, -0.25) is 9.59 Å². The van der Waals surface area contributed by atoms with E-state index < -0.39 is 6.04 Å². The number of ether oxygens (including phenoxy) is 2. The monoisotopic (exact) mass is 356 g/mol. The number of fused-ring (bicyclic) bond motifs is 1. The molecular formula is C20H24N2O4. The van der Waals surface area contributed by atoms with Crippen LogP contribution in [0.1, 0.15) is 37.7 Å². The number of carbonyl (C=O) groups is 2. The van der Waals surface area contributed by atoms with Crippen molar-refractivity contribution in [1.82, 2.24) is 10.2 Å². The molecule has 26 heavy (non-hydrogen) atoms. The Morgan fingerprint density at radius 3 is 2.77 bits per heavy atom. The summed E-state index contributed by atoms with van der Waals surface area (Å²) in [7, 11) is 0. The van der Waals surface area contributed by atoms with E-state index in [1.807, 2.05) is 30.4 Å². The van der Waals surface area contributed by atoms with Crippen LogP contribution in [-0.4, -0.2) is 36.1 Å². The molecule has 0 bridgehead atoms. The van der Waals surface area contributed by atoms with E-state index in [2.05, 4.69) is 5.32 Å². The van der Waals surface area contributed by atoms with Crippen molar-refractivity contribution in [1.29, 1.82) is 0 Å². The highest BCUT2D eigenvalue weighted by Crippen LogP contribution is 2.32. The Kier molecular flexibility index (Phi) is 4.82. The highest BCUT2D eigenvalue weighted by molar-refractivity contribution is 5.91. The van der Waals surface area contributed by atoms with E-state index in [0.717, 1.165) is 37.0 Å². The molecule has 1 N–H and O–H groups in total. The molecule has 6 nitrogen and oxygen atoms in total. The number of rotatable bonds is 4. The third-order valence-electron chi connectivity index (χ3n) is 5.37. The summed E-state index contributed by atoms with van der Waals surface area (Å²) in [6, 6.07) is 5.12. The SMILES string of the molecule is O=C(NCc1ccc2c(c1)OCO2)[C@H]1C=CCN1C(=O)C1CCCCC1. The van der Waals surface area contributed by atoms with Crippen molar-refractivity contribution in [3.8, 4) is 11.5 Å². The van der Waals surface area contributed by atoms with Crippen molar-refractivity contribution in [2.24, 2.45) is 5.92 Å². The van der Waals surface area contributed by atoms with E-state index in [1.165, 1.54) is 6.42 Å². The van der Waals surface area contributed by atoms with Crippen molar-refractivity contribution in [3.63, 3.8) is 0 Å². The Labute approximate surface area is 153 Å². The van der Waals surface area contributed by atoms with Gasteiger partial charge in [-0.15, -0.1) is 0 Å². The largest absolute Gasteiger partial charge is 0.454 e. The Morgan fingerprint density at radius 1 is 1.12 bits per heavy atom. The minimum absolute atomic E-state index is 0.0767. The molecule has 1 aliphatic carbocycles. The quantitative estimate of drug-likeness (QED) is 0.841. The lowest BCUT2D eigenvalue weighted by Gasteiger charge is -2.30. The van der Waals surface area contributed by atoms with Crippen molar-refractivity contribution in [2.75, 3.05) is 13.3 Å². The minimum atomic E-state index is -0.501. The maximum absolute atomic E-state index is 12.8.